The maximum absolute atomic E-state index is 5.39. The molecule has 0 radical (unpaired) electrons. The van der Waals surface area contributed by atoms with E-state index in [1.165, 1.54) is 12.8 Å². The lowest BCUT2D eigenvalue weighted by Gasteiger charge is -2.31. The molecule has 2 aliphatic heterocycles. The molecule has 2 fully saturated rings. The highest BCUT2D eigenvalue weighted by atomic mass is 16.5. The van der Waals surface area contributed by atoms with Crippen LogP contribution in [0.25, 0.3) is 0 Å². The van der Waals surface area contributed by atoms with Crippen molar-refractivity contribution in [2.75, 3.05) is 36.0 Å². The Kier molecular flexibility index (Phi) is 4.55. The summed E-state index contributed by atoms with van der Waals surface area (Å²) in [5.41, 5.74) is 0. The number of hydrogen-bond donors (Lipinski definition) is 0. The maximum atomic E-state index is 5.39. The molecule has 2 aliphatic rings. The third-order valence-electron chi connectivity index (χ3n) is 5.08. The Balaban J connectivity index is 1.49. The van der Waals surface area contributed by atoms with Gasteiger partial charge in [-0.25, -0.2) is 4.98 Å². The molecule has 7 nitrogen and oxygen atoms in total. The summed E-state index contributed by atoms with van der Waals surface area (Å²) >= 11 is 0. The van der Waals surface area contributed by atoms with E-state index in [0.717, 1.165) is 62.5 Å². The van der Waals surface area contributed by atoms with Gasteiger partial charge in [0.25, 0.3) is 0 Å². The highest BCUT2D eigenvalue weighted by Gasteiger charge is 2.27. The fourth-order valence-corrected chi connectivity index (χ4v) is 3.63. The van der Waals surface area contributed by atoms with Gasteiger partial charge in [0.15, 0.2) is 5.82 Å². The Morgan fingerprint density at radius 1 is 1.08 bits per heavy atom. The van der Waals surface area contributed by atoms with Crippen LogP contribution in [-0.4, -0.2) is 46.3 Å². The maximum Gasteiger partial charge on any atom is 0.229 e. The molecule has 25 heavy (non-hydrogen) atoms. The Labute approximate surface area is 148 Å². The second-order valence-corrected chi connectivity index (χ2v) is 7.34. The first-order valence-corrected chi connectivity index (χ1v) is 9.37. The number of aromatic nitrogens is 4. The highest BCUT2D eigenvalue weighted by molar-refractivity contribution is 5.44. The molecule has 0 amide bonds. The normalized spacial score (nSPS) is 21.3. The lowest BCUT2D eigenvalue weighted by Crippen LogP contribution is -2.36. The third kappa shape index (κ3) is 3.45. The average Bonchev–Trinajstić information content (AvgIpc) is 3.34. The Hall–Kier alpha value is -2.18. The van der Waals surface area contributed by atoms with Gasteiger partial charge in [0.05, 0.1) is 0 Å². The van der Waals surface area contributed by atoms with Crippen LogP contribution < -0.4 is 9.80 Å². The number of piperidine rings is 1. The molecule has 0 saturated carbocycles. The number of hydrogen-bond acceptors (Lipinski definition) is 7. The molecule has 4 rings (SSSR count). The molecule has 134 valence electrons. The van der Waals surface area contributed by atoms with Crippen molar-refractivity contribution in [3.8, 4) is 0 Å². The molecule has 0 N–H and O–H groups in total. The smallest absolute Gasteiger partial charge is 0.229 e. The van der Waals surface area contributed by atoms with E-state index in [1.54, 1.807) is 0 Å². The summed E-state index contributed by atoms with van der Waals surface area (Å²) in [5.74, 6) is 3.96. The summed E-state index contributed by atoms with van der Waals surface area (Å²) in [7, 11) is 0. The topological polar surface area (TPSA) is 71.2 Å². The van der Waals surface area contributed by atoms with Gasteiger partial charge in [-0.2, -0.15) is 9.97 Å². The van der Waals surface area contributed by atoms with E-state index in [2.05, 4.69) is 38.8 Å². The van der Waals surface area contributed by atoms with Crippen molar-refractivity contribution in [3.63, 3.8) is 0 Å². The lowest BCUT2D eigenvalue weighted by atomic mass is 9.97. The van der Waals surface area contributed by atoms with Crippen LogP contribution in [-0.2, 0) is 0 Å². The largest absolute Gasteiger partial charge is 0.356 e. The van der Waals surface area contributed by atoms with Crippen molar-refractivity contribution in [2.24, 2.45) is 0 Å². The van der Waals surface area contributed by atoms with Gasteiger partial charge in [0, 0.05) is 44.2 Å². The van der Waals surface area contributed by atoms with E-state index in [1.807, 2.05) is 12.3 Å². The van der Waals surface area contributed by atoms with E-state index in [-0.39, 0.29) is 11.8 Å². The van der Waals surface area contributed by atoms with E-state index >= 15 is 0 Å². The van der Waals surface area contributed by atoms with Crippen molar-refractivity contribution >= 4 is 11.8 Å². The average molecular weight is 342 g/mol. The van der Waals surface area contributed by atoms with Gasteiger partial charge < -0.3 is 14.3 Å². The number of anilines is 2. The van der Waals surface area contributed by atoms with Crippen molar-refractivity contribution in [1.82, 2.24) is 20.1 Å². The Morgan fingerprint density at radius 3 is 2.64 bits per heavy atom. The van der Waals surface area contributed by atoms with Crippen molar-refractivity contribution in [1.29, 1.82) is 0 Å². The molecule has 0 bridgehead atoms. The highest BCUT2D eigenvalue weighted by Crippen LogP contribution is 2.29. The van der Waals surface area contributed by atoms with E-state index in [9.17, 15) is 0 Å². The predicted octanol–water partition coefficient (Wildman–Crippen LogP) is 2.97. The molecular formula is C18H26N6O. The lowest BCUT2D eigenvalue weighted by molar-refractivity contribution is 0.354. The van der Waals surface area contributed by atoms with E-state index in [0.29, 0.717) is 0 Å². The van der Waals surface area contributed by atoms with Crippen LogP contribution >= 0.6 is 0 Å². The second-order valence-electron chi connectivity index (χ2n) is 7.34. The van der Waals surface area contributed by atoms with Gasteiger partial charge in [-0.1, -0.05) is 19.0 Å². The van der Waals surface area contributed by atoms with Crippen LogP contribution in [0.5, 0.6) is 0 Å². The second kappa shape index (κ2) is 6.98. The molecule has 0 unspecified atom stereocenters. The first kappa shape index (κ1) is 16.3. The van der Waals surface area contributed by atoms with Gasteiger partial charge in [-0.15, -0.1) is 0 Å². The zero-order chi connectivity index (χ0) is 17.2. The summed E-state index contributed by atoms with van der Waals surface area (Å²) in [6.45, 7) is 8.17. The van der Waals surface area contributed by atoms with Gasteiger partial charge in [-0.3, -0.25) is 0 Å². The zero-order valence-corrected chi connectivity index (χ0v) is 15.1. The number of nitrogens with zero attached hydrogens (tertiary/aromatic N) is 6. The van der Waals surface area contributed by atoms with Crippen LogP contribution in [0.2, 0.25) is 0 Å². The molecule has 4 heterocycles. The fraction of sp³-hybridized carbons (Fsp3) is 0.667. The van der Waals surface area contributed by atoms with E-state index < -0.39 is 0 Å². The SMILES string of the molecule is CC(C)c1nc([C@H]2CCCN(c3nccc(N4CCCC4)n3)C2)no1. The molecule has 2 aromatic heterocycles. The van der Waals surface area contributed by atoms with E-state index in [4.69, 9.17) is 9.51 Å². The van der Waals surface area contributed by atoms with Crippen molar-refractivity contribution in [2.45, 2.75) is 51.4 Å². The van der Waals surface area contributed by atoms with Crippen LogP contribution in [0.1, 0.15) is 63.1 Å². The summed E-state index contributed by atoms with van der Waals surface area (Å²) in [4.78, 5) is 18.5. The summed E-state index contributed by atoms with van der Waals surface area (Å²) in [6.07, 6.45) is 6.56. The minimum absolute atomic E-state index is 0.265. The zero-order valence-electron chi connectivity index (χ0n) is 15.1. The molecule has 7 heteroatoms. The van der Waals surface area contributed by atoms with Crippen LogP contribution in [0.3, 0.4) is 0 Å². The van der Waals surface area contributed by atoms with Crippen molar-refractivity contribution in [3.05, 3.63) is 24.0 Å². The summed E-state index contributed by atoms with van der Waals surface area (Å²) in [5, 5.41) is 4.21. The van der Waals surface area contributed by atoms with Gasteiger partial charge in [-0.05, 0) is 31.7 Å². The minimum Gasteiger partial charge on any atom is -0.356 e. The van der Waals surface area contributed by atoms with Gasteiger partial charge >= 0.3 is 0 Å². The monoisotopic (exact) mass is 342 g/mol. The van der Waals surface area contributed by atoms with Gasteiger partial charge in [0.1, 0.15) is 5.82 Å². The van der Waals surface area contributed by atoms with Crippen LogP contribution in [0.4, 0.5) is 11.8 Å². The summed E-state index contributed by atoms with van der Waals surface area (Å²) in [6, 6.07) is 2.02. The Bertz CT molecular complexity index is 709. The van der Waals surface area contributed by atoms with Crippen molar-refractivity contribution < 1.29 is 4.52 Å². The molecule has 0 spiro atoms. The molecule has 0 aromatic carbocycles. The predicted molar refractivity (Wildman–Crippen MR) is 96.1 cm³/mol. The fourth-order valence-electron chi connectivity index (χ4n) is 3.63. The molecule has 1 atom stereocenters. The third-order valence-corrected chi connectivity index (χ3v) is 5.08. The standard InChI is InChI=1S/C18H26N6O/c1-13(2)17-21-16(22-25-17)14-6-5-11-24(12-14)18-19-8-7-15(20-18)23-9-3-4-10-23/h7-8,13-14H,3-6,9-12H2,1-2H3/t14-/m0/s1. The first-order valence-electron chi connectivity index (χ1n) is 9.37. The molecular weight excluding hydrogens is 316 g/mol. The molecule has 2 aromatic rings. The number of rotatable bonds is 4. The quantitative estimate of drug-likeness (QED) is 0.846. The summed E-state index contributed by atoms with van der Waals surface area (Å²) < 4.78 is 5.39. The van der Waals surface area contributed by atoms with Gasteiger partial charge in [0.2, 0.25) is 11.8 Å². The Morgan fingerprint density at radius 2 is 1.88 bits per heavy atom. The minimum atomic E-state index is 0.265. The van der Waals surface area contributed by atoms with Crippen LogP contribution in [0.15, 0.2) is 16.8 Å². The van der Waals surface area contributed by atoms with Crippen LogP contribution in [0, 0.1) is 0 Å². The first-order chi connectivity index (χ1) is 12.2. The molecule has 2 saturated heterocycles. The molecule has 0 aliphatic carbocycles.